The summed E-state index contributed by atoms with van der Waals surface area (Å²) in [6, 6.07) is 19.7. The van der Waals surface area contributed by atoms with E-state index < -0.39 is 0 Å². The molecule has 1 unspecified atom stereocenters. The van der Waals surface area contributed by atoms with Crippen molar-refractivity contribution in [2.24, 2.45) is 0 Å². The smallest absolute Gasteiger partial charge is 0.0966 e. The number of rotatable bonds is 1. The van der Waals surface area contributed by atoms with Gasteiger partial charge in [0.15, 0.2) is 0 Å². The van der Waals surface area contributed by atoms with Gasteiger partial charge >= 0.3 is 0 Å². The van der Waals surface area contributed by atoms with E-state index in [1.165, 1.54) is 16.8 Å². The lowest BCUT2D eigenvalue weighted by Gasteiger charge is -2.37. The van der Waals surface area contributed by atoms with Crippen molar-refractivity contribution in [1.29, 1.82) is 0 Å². The number of aromatic nitrogens is 2. The number of benzene rings is 2. The van der Waals surface area contributed by atoms with Gasteiger partial charge in [0.25, 0.3) is 0 Å². The normalized spacial score (nSPS) is 17.0. The Morgan fingerprint density at radius 3 is 2.72 bits per heavy atom. The van der Waals surface area contributed by atoms with Crippen LogP contribution in [-0.4, -0.2) is 16.5 Å². The zero-order valence-electron chi connectivity index (χ0n) is 14.2. The lowest BCUT2D eigenvalue weighted by atomic mass is 9.93. The Labute approximate surface area is 147 Å². The minimum absolute atomic E-state index is 0.364. The number of pyridine rings is 2. The van der Waals surface area contributed by atoms with Crippen molar-refractivity contribution in [3.8, 4) is 0 Å². The quantitative estimate of drug-likeness (QED) is 0.466. The van der Waals surface area contributed by atoms with E-state index in [-0.39, 0.29) is 0 Å². The Morgan fingerprint density at radius 2 is 1.76 bits per heavy atom. The summed E-state index contributed by atoms with van der Waals surface area (Å²) < 4.78 is 0. The van der Waals surface area contributed by atoms with Crippen LogP contribution < -0.4 is 4.90 Å². The van der Waals surface area contributed by atoms with Crippen molar-refractivity contribution < 1.29 is 0 Å². The van der Waals surface area contributed by atoms with Crippen LogP contribution in [0, 0.1) is 0 Å². The molecule has 122 valence electrons. The molecule has 2 aromatic heterocycles. The van der Waals surface area contributed by atoms with Crippen LogP contribution in [0.5, 0.6) is 0 Å². The van der Waals surface area contributed by atoms with Crippen molar-refractivity contribution >= 4 is 27.5 Å². The molecular weight excluding hydrogens is 306 g/mol. The van der Waals surface area contributed by atoms with E-state index >= 15 is 0 Å². The third kappa shape index (κ3) is 2.27. The predicted molar refractivity (Wildman–Crippen MR) is 103 cm³/mol. The van der Waals surface area contributed by atoms with Crippen molar-refractivity contribution in [1.82, 2.24) is 9.97 Å². The fraction of sp³-hybridized carbons (Fsp3) is 0.182. The molecule has 0 spiro atoms. The molecule has 25 heavy (non-hydrogen) atoms. The van der Waals surface area contributed by atoms with Crippen molar-refractivity contribution in [3.63, 3.8) is 0 Å². The van der Waals surface area contributed by atoms with Gasteiger partial charge in [-0.3, -0.25) is 9.97 Å². The van der Waals surface area contributed by atoms with Gasteiger partial charge in [0.1, 0.15) is 0 Å². The van der Waals surface area contributed by atoms with E-state index in [1.54, 1.807) is 0 Å². The molecular formula is C22H19N3. The molecule has 0 saturated heterocycles. The van der Waals surface area contributed by atoms with Gasteiger partial charge in [-0.1, -0.05) is 42.5 Å². The molecule has 5 rings (SSSR count). The molecule has 3 heteroatoms. The summed E-state index contributed by atoms with van der Waals surface area (Å²) in [6.07, 6.45) is 4.92. The van der Waals surface area contributed by atoms with Crippen LogP contribution in [-0.2, 0) is 6.42 Å². The molecule has 0 saturated carbocycles. The summed E-state index contributed by atoms with van der Waals surface area (Å²) in [5.41, 5.74) is 6.03. The van der Waals surface area contributed by atoms with Crippen molar-refractivity contribution in [2.45, 2.75) is 19.4 Å². The van der Waals surface area contributed by atoms with Gasteiger partial charge in [-0.05, 0) is 36.6 Å². The first kappa shape index (κ1) is 14.4. The Bertz CT molecular complexity index is 1090. The summed E-state index contributed by atoms with van der Waals surface area (Å²) >= 11 is 0. The highest BCUT2D eigenvalue weighted by Gasteiger charge is 2.24. The molecule has 2 aromatic carbocycles. The fourth-order valence-corrected chi connectivity index (χ4v) is 4.01. The first-order valence-electron chi connectivity index (χ1n) is 8.79. The van der Waals surface area contributed by atoms with Gasteiger partial charge in [0, 0.05) is 23.5 Å². The van der Waals surface area contributed by atoms with Crippen LogP contribution in [0.2, 0.25) is 0 Å². The maximum atomic E-state index is 4.77. The van der Waals surface area contributed by atoms with Gasteiger partial charge in [-0.25, -0.2) is 0 Å². The van der Waals surface area contributed by atoms with Gasteiger partial charge < -0.3 is 4.90 Å². The topological polar surface area (TPSA) is 29.0 Å². The SMILES string of the molecule is CC1c2ccccc2CCN1c1cnc2c(ccc3cccnc32)c1. The molecule has 4 aromatic rings. The Balaban J connectivity index is 1.61. The number of anilines is 1. The Hall–Kier alpha value is -2.94. The van der Waals surface area contributed by atoms with E-state index in [9.17, 15) is 0 Å². The van der Waals surface area contributed by atoms with Crippen molar-refractivity contribution in [3.05, 3.63) is 78.1 Å². The summed E-state index contributed by atoms with van der Waals surface area (Å²) in [5.74, 6) is 0. The minimum atomic E-state index is 0.364. The molecule has 1 atom stereocenters. The monoisotopic (exact) mass is 325 g/mol. The summed E-state index contributed by atoms with van der Waals surface area (Å²) in [5, 5.41) is 2.28. The molecule has 0 fully saturated rings. The summed E-state index contributed by atoms with van der Waals surface area (Å²) in [6.45, 7) is 3.31. The van der Waals surface area contributed by atoms with E-state index in [2.05, 4.69) is 65.3 Å². The molecule has 1 aliphatic heterocycles. The van der Waals surface area contributed by atoms with Crippen LogP contribution in [0.3, 0.4) is 0 Å². The highest BCUT2D eigenvalue weighted by Crippen LogP contribution is 2.34. The van der Waals surface area contributed by atoms with Gasteiger partial charge in [-0.2, -0.15) is 0 Å². The highest BCUT2D eigenvalue weighted by molar-refractivity contribution is 6.03. The van der Waals surface area contributed by atoms with E-state index in [1.807, 2.05) is 18.5 Å². The minimum Gasteiger partial charge on any atom is -0.363 e. The number of fused-ring (bicyclic) bond motifs is 4. The Kier molecular flexibility index (Phi) is 3.20. The largest absolute Gasteiger partial charge is 0.363 e. The lowest BCUT2D eigenvalue weighted by Crippen LogP contribution is -2.33. The summed E-state index contributed by atoms with van der Waals surface area (Å²) in [7, 11) is 0. The second kappa shape index (κ2) is 5.55. The standard InChI is InChI=1S/C22H19N3/c1-15-20-7-3-2-5-16(20)10-12-25(15)19-13-18-9-8-17-6-4-11-23-21(17)22(18)24-14-19/h2-9,11,13-15H,10,12H2,1H3. The van der Waals surface area contributed by atoms with Crippen molar-refractivity contribution in [2.75, 3.05) is 11.4 Å². The molecule has 1 aliphatic rings. The zero-order valence-corrected chi connectivity index (χ0v) is 14.2. The van der Waals surface area contributed by atoms with E-state index in [0.29, 0.717) is 6.04 Å². The zero-order chi connectivity index (χ0) is 16.8. The molecule has 3 heterocycles. The van der Waals surface area contributed by atoms with E-state index in [4.69, 9.17) is 4.98 Å². The number of nitrogens with zero attached hydrogens (tertiary/aromatic N) is 3. The maximum Gasteiger partial charge on any atom is 0.0966 e. The molecule has 0 aliphatic carbocycles. The highest BCUT2D eigenvalue weighted by atomic mass is 15.2. The second-order valence-electron chi connectivity index (χ2n) is 6.72. The first-order chi connectivity index (χ1) is 12.3. The number of hydrogen-bond donors (Lipinski definition) is 0. The maximum absolute atomic E-state index is 4.77. The third-order valence-electron chi connectivity index (χ3n) is 5.33. The van der Waals surface area contributed by atoms with Gasteiger partial charge in [0.2, 0.25) is 0 Å². The van der Waals surface area contributed by atoms with E-state index in [0.717, 1.165) is 34.8 Å². The van der Waals surface area contributed by atoms with Crippen LogP contribution in [0.4, 0.5) is 5.69 Å². The third-order valence-corrected chi connectivity index (χ3v) is 5.33. The molecule has 0 amide bonds. The average molecular weight is 325 g/mol. The predicted octanol–water partition coefficient (Wildman–Crippen LogP) is 4.91. The van der Waals surface area contributed by atoms with Crippen LogP contribution in [0.15, 0.2) is 67.0 Å². The van der Waals surface area contributed by atoms with Gasteiger partial charge in [-0.15, -0.1) is 0 Å². The van der Waals surface area contributed by atoms with Crippen LogP contribution in [0.25, 0.3) is 21.8 Å². The average Bonchev–Trinajstić information content (AvgIpc) is 2.68. The first-order valence-corrected chi connectivity index (χ1v) is 8.79. The van der Waals surface area contributed by atoms with Gasteiger partial charge in [0.05, 0.1) is 29.0 Å². The van der Waals surface area contributed by atoms with Crippen LogP contribution in [0.1, 0.15) is 24.1 Å². The summed E-state index contributed by atoms with van der Waals surface area (Å²) in [4.78, 5) is 11.7. The second-order valence-corrected chi connectivity index (χ2v) is 6.72. The fourth-order valence-electron chi connectivity index (χ4n) is 4.01. The molecule has 0 bridgehead atoms. The van der Waals surface area contributed by atoms with Crippen LogP contribution >= 0.6 is 0 Å². The lowest BCUT2D eigenvalue weighted by molar-refractivity contribution is 0.624. The number of hydrogen-bond acceptors (Lipinski definition) is 3. The molecule has 0 N–H and O–H groups in total. The molecule has 3 nitrogen and oxygen atoms in total. The Morgan fingerprint density at radius 1 is 0.920 bits per heavy atom. The molecule has 0 radical (unpaired) electrons.